The topological polar surface area (TPSA) is 0 Å². The fourth-order valence-electron chi connectivity index (χ4n) is 2.00. The van der Waals surface area contributed by atoms with Crippen LogP contribution in [-0.2, 0) is 0 Å². The molecule has 1 aliphatic carbocycles. The predicted octanol–water partition coefficient (Wildman–Crippen LogP) is 4.60. The second-order valence-corrected chi connectivity index (χ2v) is 4.46. The van der Waals surface area contributed by atoms with Gasteiger partial charge in [-0.1, -0.05) is 32.1 Å². The average molecular weight is 208 g/mol. The van der Waals surface area contributed by atoms with Gasteiger partial charge in [-0.25, -0.2) is 0 Å². The Hall–Kier alpha value is -0.350. The molecule has 0 saturated heterocycles. The summed E-state index contributed by atoms with van der Waals surface area (Å²) in [4.78, 5) is 0. The Morgan fingerprint density at radius 2 is 2.07 bits per heavy atom. The van der Waals surface area contributed by atoms with Crippen LogP contribution in [0.1, 0.15) is 45.4 Å². The molecule has 78 valence electrons. The zero-order chi connectivity index (χ0) is 10.4. The highest BCUT2D eigenvalue weighted by molar-refractivity contribution is 7.23. The molecule has 0 fully saturated rings. The Kier molecular flexibility index (Phi) is 5.19. The van der Waals surface area contributed by atoms with E-state index in [0.717, 1.165) is 6.42 Å². The highest BCUT2D eigenvalue weighted by atomic mass is 31.0. The van der Waals surface area contributed by atoms with Crippen LogP contribution in [0.4, 0.5) is 0 Å². The van der Waals surface area contributed by atoms with Crippen LogP contribution < -0.4 is 0 Å². The maximum atomic E-state index is 3.92. The zero-order valence-electron chi connectivity index (χ0n) is 9.18. The van der Waals surface area contributed by atoms with E-state index in [-0.39, 0.29) is 0 Å². The van der Waals surface area contributed by atoms with Crippen molar-refractivity contribution in [3.8, 4) is 0 Å². The van der Waals surface area contributed by atoms with E-state index in [2.05, 4.69) is 28.8 Å². The van der Waals surface area contributed by atoms with E-state index < -0.39 is 0 Å². The van der Waals surface area contributed by atoms with Crippen molar-refractivity contribution in [1.82, 2.24) is 0 Å². The van der Waals surface area contributed by atoms with E-state index in [1.165, 1.54) is 48.6 Å². The quantitative estimate of drug-likeness (QED) is 0.594. The second kappa shape index (κ2) is 6.19. The maximum absolute atomic E-state index is 3.92. The van der Waals surface area contributed by atoms with Crippen molar-refractivity contribution in [3.05, 3.63) is 35.2 Å². The van der Waals surface area contributed by atoms with Gasteiger partial charge in [-0.15, -0.1) is 9.24 Å². The smallest absolute Gasteiger partial charge is 0.0270 e. The molecule has 1 rings (SSSR count). The molecule has 0 radical (unpaired) electrons. The lowest BCUT2D eigenvalue weighted by Crippen LogP contribution is -1.88. The second-order valence-electron chi connectivity index (χ2n) is 3.84. The Bertz CT molecular complexity index is 258. The minimum atomic E-state index is 1.12. The molecule has 14 heavy (non-hydrogen) atoms. The van der Waals surface area contributed by atoms with E-state index >= 15 is 0 Å². The first kappa shape index (κ1) is 11.7. The van der Waals surface area contributed by atoms with Crippen molar-refractivity contribution in [1.29, 1.82) is 0 Å². The summed E-state index contributed by atoms with van der Waals surface area (Å²) in [6, 6.07) is 0. The molecule has 0 bridgehead atoms. The van der Waals surface area contributed by atoms with Crippen molar-refractivity contribution in [2.24, 2.45) is 0 Å². The Balaban J connectivity index is 2.92. The fraction of sp³-hybridized carbons (Fsp3) is 0.538. The molecule has 0 aromatic rings. The normalized spacial score (nSPS) is 19.4. The van der Waals surface area contributed by atoms with Crippen molar-refractivity contribution in [2.75, 3.05) is 0 Å². The summed E-state index contributed by atoms with van der Waals surface area (Å²) in [7, 11) is 2.88. The molecule has 0 aromatic carbocycles. The Morgan fingerprint density at radius 1 is 1.36 bits per heavy atom. The molecule has 1 heteroatoms. The van der Waals surface area contributed by atoms with Gasteiger partial charge in [0.05, 0.1) is 0 Å². The van der Waals surface area contributed by atoms with Crippen molar-refractivity contribution in [3.63, 3.8) is 0 Å². The molecular formula is C13H21P. The van der Waals surface area contributed by atoms with Crippen LogP contribution >= 0.6 is 9.24 Å². The lowest BCUT2D eigenvalue weighted by molar-refractivity contribution is 0.710. The maximum Gasteiger partial charge on any atom is -0.0270 e. The van der Waals surface area contributed by atoms with Crippen molar-refractivity contribution >= 4 is 9.24 Å². The largest absolute Gasteiger partial charge is 0.106 e. The van der Waals surface area contributed by atoms with Gasteiger partial charge >= 0.3 is 0 Å². The Morgan fingerprint density at radius 3 is 2.71 bits per heavy atom. The molecule has 0 amide bonds. The minimum absolute atomic E-state index is 1.12. The molecule has 0 nitrogen and oxygen atoms in total. The van der Waals surface area contributed by atoms with E-state index in [1.807, 2.05) is 6.08 Å². The van der Waals surface area contributed by atoms with Crippen LogP contribution in [0.3, 0.4) is 0 Å². The third-order valence-corrected chi connectivity index (χ3v) is 3.36. The molecule has 1 atom stereocenters. The lowest BCUT2D eigenvalue weighted by Gasteiger charge is -2.09. The van der Waals surface area contributed by atoms with Gasteiger partial charge in [-0.2, -0.15) is 0 Å². The van der Waals surface area contributed by atoms with Gasteiger partial charge in [-0.05, 0) is 48.6 Å². The number of rotatable bonds is 3. The van der Waals surface area contributed by atoms with Crippen LogP contribution in [0.5, 0.6) is 0 Å². The van der Waals surface area contributed by atoms with E-state index in [0.29, 0.717) is 0 Å². The van der Waals surface area contributed by atoms with Crippen LogP contribution in [-0.4, -0.2) is 0 Å². The minimum Gasteiger partial charge on any atom is -0.106 e. The van der Waals surface area contributed by atoms with Gasteiger partial charge in [0.1, 0.15) is 0 Å². The summed E-state index contributed by atoms with van der Waals surface area (Å²) in [5, 5.41) is 1.39. The summed E-state index contributed by atoms with van der Waals surface area (Å²) in [6.07, 6.45) is 11.9. The van der Waals surface area contributed by atoms with Crippen LogP contribution in [0.2, 0.25) is 0 Å². The molecule has 1 aliphatic rings. The van der Waals surface area contributed by atoms with E-state index in [1.54, 1.807) is 0 Å². The number of hydrogen-bond donors (Lipinski definition) is 0. The van der Waals surface area contributed by atoms with Gasteiger partial charge in [-0.3, -0.25) is 0 Å². The molecular weight excluding hydrogens is 187 g/mol. The van der Waals surface area contributed by atoms with Crippen LogP contribution in [0.15, 0.2) is 35.2 Å². The monoisotopic (exact) mass is 208 g/mol. The molecule has 0 heterocycles. The first-order valence-electron chi connectivity index (χ1n) is 5.60. The van der Waals surface area contributed by atoms with Crippen molar-refractivity contribution < 1.29 is 0 Å². The summed E-state index contributed by atoms with van der Waals surface area (Å²) in [6.45, 7) is 6.11. The first-order chi connectivity index (χ1) is 6.79. The molecule has 0 N–H and O–H groups in total. The van der Waals surface area contributed by atoms with Gasteiger partial charge in [0.2, 0.25) is 0 Å². The standard InChI is InChI=1S/C13H21P/c1-3-8-13(14)12-10-7-5-6-9-11(12)4-2/h4,8H,2-3,5-7,9-10,14H2,1H3/b13-8+. The van der Waals surface area contributed by atoms with Gasteiger partial charge in [0.25, 0.3) is 0 Å². The molecule has 1 unspecified atom stereocenters. The summed E-state index contributed by atoms with van der Waals surface area (Å²) in [5.41, 5.74) is 3.00. The highest BCUT2D eigenvalue weighted by Gasteiger charge is 2.09. The van der Waals surface area contributed by atoms with Crippen LogP contribution in [0.25, 0.3) is 0 Å². The van der Waals surface area contributed by atoms with Gasteiger partial charge < -0.3 is 0 Å². The summed E-state index contributed by atoms with van der Waals surface area (Å²) in [5.74, 6) is 0. The van der Waals surface area contributed by atoms with Gasteiger partial charge in [0.15, 0.2) is 0 Å². The molecule has 0 aliphatic heterocycles. The summed E-state index contributed by atoms with van der Waals surface area (Å²) >= 11 is 0. The van der Waals surface area contributed by atoms with Crippen molar-refractivity contribution in [2.45, 2.75) is 45.4 Å². The highest BCUT2D eigenvalue weighted by Crippen LogP contribution is 2.32. The average Bonchev–Trinajstić information content (AvgIpc) is 2.42. The fourth-order valence-corrected chi connectivity index (χ4v) is 2.57. The lowest BCUT2D eigenvalue weighted by atomic mass is 10.0. The van der Waals surface area contributed by atoms with E-state index in [4.69, 9.17) is 0 Å². The predicted molar refractivity (Wildman–Crippen MR) is 68.4 cm³/mol. The Labute approximate surface area is 90.4 Å². The molecule has 0 aromatic heterocycles. The summed E-state index contributed by atoms with van der Waals surface area (Å²) < 4.78 is 0. The first-order valence-corrected chi connectivity index (χ1v) is 6.17. The van der Waals surface area contributed by atoms with E-state index in [9.17, 15) is 0 Å². The number of hydrogen-bond acceptors (Lipinski definition) is 0. The van der Waals surface area contributed by atoms with Gasteiger partial charge in [0, 0.05) is 0 Å². The zero-order valence-corrected chi connectivity index (χ0v) is 10.3. The SMILES string of the molecule is C=CC1=C(/C(P)=C\CC)CCCCC1. The third kappa shape index (κ3) is 3.10. The number of allylic oxidation sites excluding steroid dienone is 5. The molecule has 0 saturated carbocycles. The molecule has 0 spiro atoms. The van der Waals surface area contributed by atoms with Crippen LogP contribution in [0, 0.1) is 0 Å². The third-order valence-electron chi connectivity index (χ3n) is 2.78.